The molecule has 0 saturated carbocycles. The molecule has 3 aromatic carbocycles. The Kier molecular flexibility index (Phi) is 8.66. The fraction of sp³-hybridized carbons (Fsp3) is 0.424. The molecule has 0 unspecified atom stereocenters. The van der Waals surface area contributed by atoms with Crippen LogP contribution in [0.3, 0.4) is 0 Å². The molecule has 3 aromatic rings. The van der Waals surface area contributed by atoms with Crippen molar-refractivity contribution in [2.75, 3.05) is 25.1 Å². The molecule has 0 radical (unpaired) electrons. The zero-order chi connectivity index (χ0) is 27.4. The first-order valence-electron chi connectivity index (χ1n) is 13.9. The molecule has 0 spiro atoms. The van der Waals surface area contributed by atoms with Crippen LogP contribution < -0.4 is 4.90 Å². The highest BCUT2D eigenvalue weighted by Crippen LogP contribution is 2.47. The van der Waals surface area contributed by atoms with Gasteiger partial charge in [0.1, 0.15) is 18.8 Å². The van der Waals surface area contributed by atoms with Crippen molar-refractivity contribution in [1.82, 2.24) is 0 Å². The topological polar surface area (TPSA) is 57.2 Å². The third-order valence-corrected chi connectivity index (χ3v) is 7.76. The number of carbonyl (C=O) groups excluding carboxylic acids is 1. The van der Waals surface area contributed by atoms with E-state index in [2.05, 4.69) is 56.1 Å². The number of hydrogen-bond acceptors (Lipinski definition) is 6. The Morgan fingerprint density at radius 3 is 2.13 bits per heavy atom. The van der Waals surface area contributed by atoms with Gasteiger partial charge in [0.25, 0.3) is 0 Å². The van der Waals surface area contributed by atoms with Gasteiger partial charge in [-0.3, -0.25) is 4.79 Å². The highest BCUT2D eigenvalue weighted by Gasteiger charge is 2.51. The molecule has 206 valence electrons. The van der Waals surface area contributed by atoms with Crippen LogP contribution in [0.25, 0.3) is 0 Å². The SMILES string of the molecule is CC(=O)OC[C@H]1O[C@@H]2c3cc(C(C)C)ccc3N(C)C[C@@H]2[C@@H](OCc2ccccc2)[C@@H]1OCc1ccccc1. The second kappa shape index (κ2) is 12.3. The molecular formula is C33H39NO5. The monoisotopic (exact) mass is 529 g/mol. The maximum atomic E-state index is 11.9. The van der Waals surface area contributed by atoms with Crippen LogP contribution in [0, 0.1) is 5.92 Å². The lowest BCUT2D eigenvalue weighted by molar-refractivity contribution is -0.245. The Labute approximate surface area is 231 Å². The minimum Gasteiger partial charge on any atom is -0.463 e. The van der Waals surface area contributed by atoms with Crippen LogP contribution in [0.4, 0.5) is 5.69 Å². The molecule has 1 saturated heterocycles. The van der Waals surface area contributed by atoms with E-state index in [9.17, 15) is 4.79 Å². The third-order valence-electron chi connectivity index (χ3n) is 7.76. The molecule has 6 heteroatoms. The van der Waals surface area contributed by atoms with Crippen molar-refractivity contribution in [3.05, 3.63) is 101 Å². The minimum absolute atomic E-state index is 0.0305. The lowest BCUT2D eigenvalue weighted by Crippen LogP contribution is -2.58. The lowest BCUT2D eigenvalue weighted by atomic mass is 9.79. The standard InChI is InChI=1S/C33H39NO5/c1-22(2)26-15-16-29-27(17-26)31-28(18-34(29)4)32(37-19-24-11-7-5-8-12-24)33(30(39-31)21-36-23(3)35)38-20-25-13-9-6-10-14-25/h5-17,22,28,30-33H,18-21H2,1-4H3/t28-,30+,31+,32+,33+/m0/s1. The van der Waals surface area contributed by atoms with Gasteiger partial charge >= 0.3 is 5.97 Å². The first-order valence-corrected chi connectivity index (χ1v) is 13.9. The van der Waals surface area contributed by atoms with Crippen LogP contribution in [-0.2, 0) is 37.0 Å². The van der Waals surface area contributed by atoms with Crippen molar-refractivity contribution in [3.63, 3.8) is 0 Å². The summed E-state index contributed by atoms with van der Waals surface area (Å²) < 4.78 is 25.7. The number of esters is 1. The van der Waals surface area contributed by atoms with E-state index in [1.165, 1.54) is 12.5 Å². The van der Waals surface area contributed by atoms with Crippen molar-refractivity contribution < 1.29 is 23.7 Å². The molecule has 2 aliphatic rings. The van der Waals surface area contributed by atoms with Gasteiger partial charge in [0.15, 0.2) is 0 Å². The summed E-state index contributed by atoms with van der Waals surface area (Å²) in [6.45, 7) is 7.59. The molecule has 0 N–H and O–H groups in total. The van der Waals surface area contributed by atoms with Crippen molar-refractivity contribution in [2.45, 2.75) is 64.3 Å². The summed E-state index contributed by atoms with van der Waals surface area (Å²) >= 11 is 0. The van der Waals surface area contributed by atoms with E-state index < -0.39 is 12.2 Å². The quantitative estimate of drug-likeness (QED) is 0.315. The van der Waals surface area contributed by atoms with Crippen LogP contribution in [0.2, 0.25) is 0 Å². The van der Waals surface area contributed by atoms with Crippen LogP contribution in [0.1, 0.15) is 55.0 Å². The van der Waals surface area contributed by atoms with E-state index >= 15 is 0 Å². The molecule has 2 heterocycles. The van der Waals surface area contributed by atoms with Gasteiger partial charge in [-0.05, 0) is 28.7 Å². The minimum atomic E-state index is -0.474. The summed E-state index contributed by atoms with van der Waals surface area (Å²) in [4.78, 5) is 14.1. The highest BCUT2D eigenvalue weighted by molar-refractivity contribution is 5.66. The molecule has 5 atom stereocenters. The van der Waals surface area contributed by atoms with Crippen LogP contribution >= 0.6 is 0 Å². The van der Waals surface area contributed by atoms with E-state index in [0.717, 1.165) is 28.9 Å². The lowest BCUT2D eigenvalue weighted by Gasteiger charge is -2.51. The molecular weight excluding hydrogens is 490 g/mol. The van der Waals surface area contributed by atoms with Gasteiger partial charge in [0.2, 0.25) is 0 Å². The van der Waals surface area contributed by atoms with Gasteiger partial charge < -0.3 is 23.8 Å². The normalized spacial score (nSPS) is 24.2. The average molecular weight is 530 g/mol. The number of rotatable bonds is 9. The molecule has 0 bridgehead atoms. The van der Waals surface area contributed by atoms with Gasteiger partial charge in [-0.1, -0.05) is 86.6 Å². The number of fused-ring (bicyclic) bond motifs is 3. The molecule has 0 aromatic heterocycles. The summed E-state index contributed by atoms with van der Waals surface area (Å²) in [6, 6.07) is 27.0. The predicted octanol–water partition coefficient (Wildman–Crippen LogP) is 6.05. The molecule has 0 amide bonds. The number of nitrogens with zero attached hydrogens (tertiary/aromatic N) is 1. The Hall–Kier alpha value is -3.19. The number of hydrogen-bond donors (Lipinski definition) is 0. The molecule has 6 nitrogen and oxygen atoms in total. The number of benzene rings is 3. The average Bonchev–Trinajstić information content (AvgIpc) is 2.95. The number of ether oxygens (including phenoxy) is 4. The Morgan fingerprint density at radius 1 is 0.923 bits per heavy atom. The summed E-state index contributed by atoms with van der Waals surface area (Å²) in [5.41, 5.74) is 5.76. The molecule has 39 heavy (non-hydrogen) atoms. The van der Waals surface area contributed by atoms with Gasteiger partial charge in [-0.2, -0.15) is 0 Å². The van der Waals surface area contributed by atoms with Gasteiger partial charge in [-0.15, -0.1) is 0 Å². The van der Waals surface area contributed by atoms with Crippen molar-refractivity contribution in [3.8, 4) is 0 Å². The van der Waals surface area contributed by atoms with Crippen LogP contribution in [0.5, 0.6) is 0 Å². The third kappa shape index (κ3) is 6.35. The second-order valence-corrected chi connectivity index (χ2v) is 10.9. The van der Waals surface area contributed by atoms with Gasteiger partial charge in [0.05, 0.1) is 25.4 Å². The zero-order valence-electron chi connectivity index (χ0n) is 23.3. The van der Waals surface area contributed by atoms with E-state index in [-0.39, 0.29) is 30.7 Å². The second-order valence-electron chi connectivity index (χ2n) is 10.9. The summed E-state index contributed by atoms with van der Waals surface area (Å²) in [7, 11) is 2.13. The van der Waals surface area contributed by atoms with Crippen molar-refractivity contribution in [1.29, 1.82) is 0 Å². The number of carbonyl (C=O) groups is 1. The summed E-state index contributed by atoms with van der Waals surface area (Å²) in [5, 5.41) is 0. The zero-order valence-corrected chi connectivity index (χ0v) is 23.3. The molecule has 5 rings (SSSR count). The van der Waals surface area contributed by atoms with E-state index in [1.54, 1.807) is 0 Å². The van der Waals surface area contributed by atoms with E-state index in [4.69, 9.17) is 18.9 Å². The fourth-order valence-electron chi connectivity index (χ4n) is 5.71. The van der Waals surface area contributed by atoms with Gasteiger partial charge in [0, 0.05) is 37.7 Å². The van der Waals surface area contributed by atoms with E-state index in [1.807, 2.05) is 48.5 Å². The fourth-order valence-corrected chi connectivity index (χ4v) is 5.71. The summed E-state index contributed by atoms with van der Waals surface area (Å²) in [6.07, 6.45) is -1.37. The molecule has 2 aliphatic heterocycles. The summed E-state index contributed by atoms with van der Waals surface area (Å²) in [5.74, 6) is 0.0895. The maximum absolute atomic E-state index is 11.9. The predicted molar refractivity (Wildman–Crippen MR) is 152 cm³/mol. The maximum Gasteiger partial charge on any atom is 0.302 e. The Balaban J connectivity index is 1.51. The van der Waals surface area contributed by atoms with Crippen LogP contribution in [0.15, 0.2) is 78.9 Å². The Bertz CT molecular complexity index is 1230. The first-order chi connectivity index (χ1) is 18.9. The highest BCUT2D eigenvalue weighted by atomic mass is 16.6. The van der Waals surface area contributed by atoms with Crippen LogP contribution in [-0.4, -0.2) is 44.5 Å². The van der Waals surface area contributed by atoms with Crippen molar-refractivity contribution >= 4 is 11.7 Å². The van der Waals surface area contributed by atoms with E-state index in [0.29, 0.717) is 19.1 Å². The molecule has 0 aliphatic carbocycles. The molecule has 1 fully saturated rings. The largest absolute Gasteiger partial charge is 0.463 e. The first kappa shape index (κ1) is 27.4. The van der Waals surface area contributed by atoms with Crippen molar-refractivity contribution in [2.24, 2.45) is 5.92 Å². The van der Waals surface area contributed by atoms with Gasteiger partial charge in [-0.25, -0.2) is 0 Å². The smallest absolute Gasteiger partial charge is 0.302 e. The Morgan fingerprint density at radius 2 is 1.54 bits per heavy atom. The number of anilines is 1.